The van der Waals surface area contributed by atoms with E-state index >= 15 is 0 Å². The third-order valence-electron chi connectivity index (χ3n) is 3.34. The Balaban J connectivity index is 1.99. The molecule has 0 saturated carbocycles. The molecule has 0 saturated heterocycles. The molecule has 102 valence electrons. The van der Waals surface area contributed by atoms with Crippen LogP contribution in [0.2, 0.25) is 0 Å². The number of fused-ring (bicyclic) bond motifs is 1. The van der Waals surface area contributed by atoms with Crippen LogP contribution in [-0.2, 0) is 0 Å². The number of rotatable bonds is 6. The van der Waals surface area contributed by atoms with E-state index in [1.165, 1.54) is 10.8 Å². The summed E-state index contributed by atoms with van der Waals surface area (Å²) in [7, 11) is 0. The molecule has 0 aromatic heterocycles. The highest BCUT2D eigenvalue weighted by molar-refractivity contribution is 9.10. The number of hydrogen-bond donors (Lipinski definition) is 0. The van der Waals surface area contributed by atoms with Crippen LogP contribution in [0.3, 0.4) is 0 Å². The molecule has 0 bridgehead atoms. The van der Waals surface area contributed by atoms with Gasteiger partial charge in [-0.25, -0.2) is 0 Å². The second-order valence-corrected chi connectivity index (χ2v) is 5.44. The van der Waals surface area contributed by atoms with Crippen LogP contribution in [0.4, 0.5) is 0 Å². The molecule has 0 aliphatic carbocycles. The van der Waals surface area contributed by atoms with E-state index in [1.54, 1.807) is 0 Å². The van der Waals surface area contributed by atoms with E-state index in [4.69, 9.17) is 4.74 Å². The van der Waals surface area contributed by atoms with Gasteiger partial charge in [-0.2, -0.15) is 0 Å². The molecule has 0 N–H and O–H groups in total. The third kappa shape index (κ3) is 3.95. The zero-order valence-corrected chi connectivity index (χ0v) is 13.1. The van der Waals surface area contributed by atoms with Gasteiger partial charge in [-0.15, -0.1) is 0 Å². The van der Waals surface area contributed by atoms with E-state index < -0.39 is 0 Å². The molecule has 0 amide bonds. The summed E-state index contributed by atoms with van der Waals surface area (Å²) in [6, 6.07) is 12.5. The van der Waals surface area contributed by atoms with Gasteiger partial charge < -0.3 is 9.64 Å². The summed E-state index contributed by atoms with van der Waals surface area (Å²) in [6.45, 7) is 8.22. The molecular weight excluding hydrogens is 302 g/mol. The van der Waals surface area contributed by atoms with Gasteiger partial charge in [0.15, 0.2) is 0 Å². The summed E-state index contributed by atoms with van der Waals surface area (Å²) < 4.78 is 6.93. The minimum Gasteiger partial charge on any atom is -0.492 e. The van der Waals surface area contributed by atoms with Crippen LogP contribution in [0.5, 0.6) is 5.75 Å². The summed E-state index contributed by atoms with van der Waals surface area (Å²) >= 11 is 3.49. The third-order valence-corrected chi connectivity index (χ3v) is 3.84. The first kappa shape index (κ1) is 14.4. The molecule has 0 aliphatic heterocycles. The van der Waals surface area contributed by atoms with Crippen molar-refractivity contribution in [2.24, 2.45) is 0 Å². The predicted molar refractivity (Wildman–Crippen MR) is 84.9 cm³/mol. The van der Waals surface area contributed by atoms with Crippen molar-refractivity contribution in [1.29, 1.82) is 0 Å². The molecule has 3 heteroatoms. The Morgan fingerprint density at radius 1 is 1.00 bits per heavy atom. The van der Waals surface area contributed by atoms with Crippen LogP contribution >= 0.6 is 15.9 Å². The molecular formula is C16H20BrNO. The highest BCUT2D eigenvalue weighted by Crippen LogP contribution is 2.24. The monoisotopic (exact) mass is 321 g/mol. The Kier molecular flexibility index (Phi) is 5.23. The summed E-state index contributed by atoms with van der Waals surface area (Å²) in [5, 5.41) is 2.44. The van der Waals surface area contributed by atoms with E-state index in [9.17, 15) is 0 Å². The molecule has 0 spiro atoms. The number of halogens is 1. The fraction of sp³-hybridized carbons (Fsp3) is 0.375. The van der Waals surface area contributed by atoms with Crippen LogP contribution in [0, 0.1) is 0 Å². The molecule has 19 heavy (non-hydrogen) atoms. The SMILES string of the molecule is CCN(CC)CCOc1ccc2cc(Br)ccc2c1. The minimum atomic E-state index is 0.740. The second kappa shape index (κ2) is 6.92. The van der Waals surface area contributed by atoms with Crippen molar-refractivity contribution in [3.8, 4) is 5.75 Å². The number of likely N-dealkylation sites (N-methyl/N-ethyl adjacent to an activating group) is 1. The first-order valence-corrected chi connectivity index (χ1v) is 7.56. The van der Waals surface area contributed by atoms with Gasteiger partial charge >= 0.3 is 0 Å². The number of hydrogen-bond acceptors (Lipinski definition) is 2. The lowest BCUT2D eigenvalue weighted by Crippen LogP contribution is -2.27. The summed E-state index contributed by atoms with van der Waals surface area (Å²) in [6.07, 6.45) is 0. The highest BCUT2D eigenvalue weighted by Gasteiger charge is 2.01. The average Bonchev–Trinajstić information content (AvgIpc) is 2.43. The van der Waals surface area contributed by atoms with Crippen LogP contribution in [0.15, 0.2) is 40.9 Å². The zero-order chi connectivity index (χ0) is 13.7. The van der Waals surface area contributed by atoms with Crippen molar-refractivity contribution < 1.29 is 4.74 Å². The lowest BCUT2D eigenvalue weighted by atomic mass is 10.1. The smallest absolute Gasteiger partial charge is 0.120 e. The van der Waals surface area contributed by atoms with Crippen LogP contribution < -0.4 is 4.74 Å². The normalized spacial score (nSPS) is 11.2. The fourth-order valence-electron chi connectivity index (χ4n) is 2.12. The van der Waals surface area contributed by atoms with Gasteiger partial charge in [0, 0.05) is 11.0 Å². The maximum absolute atomic E-state index is 5.83. The summed E-state index contributed by atoms with van der Waals surface area (Å²) in [5.41, 5.74) is 0. The highest BCUT2D eigenvalue weighted by atomic mass is 79.9. The Labute approximate surface area is 123 Å². The molecule has 0 fully saturated rings. The van der Waals surface area contributed by atoms with Crippen LogP contribution in [0.25, 0.3) is 10.8 Å². The van der Waals surface area contributed by atoms with Gasteiger partial charge in [0.1, 0.15) is 12.4 Å². The molecule has 2 nitrogen and oxygen atoms in total. The Morgan fingerprint density at radius 2 is 1.68 bits per heavy atom. The van der Waals surface area contributed by atoms with Crippen molar-refractivity contribution in [2.45, 2.75) is 13.8 Å². The van der Waals surface area contributed by atoms with Crippen molar-refractivity contribution in [2.75, 3.05) is 26.2 Å². The van der Waals surface area contributed by atoms with E-state index in [2.05, 4.69) is 65.0 Å². The maximum Gasteiger partial charge on any atom is 0.120 e. The van der Waals surface area contributed by atoms with Gasteiger partial charge in [0.05, 0.1) is 0 Å². The van der Waals surface area contributed by atoms with Crippen molar-refractivity contribution in [3.63, 3.8) is 0 Å². The largest absolute Gasteiger partial charge is 0.492 e. The maximum atomic E-state index is 5.83. The van der Waals surface area contributed by atoms with Crippen molar-refractivity contribution >= 4 is 26.7 Å². The van der Waals surface area contributed by atoms with Gasteiger partial charge in [0.25, 0.3) is 0 Å². The van der Waals surface area contributed by atoms with Crippen molar-refractivity contribution in [3.05, 3.63) is 40.9 Å². The Morgan fingerprint density at radius 3 is 2.42 bits per heavy atom. The summed E-state index contributed by atoms with van der Waals surface area (Å²) in [5.74, 6) is 0.946. The molecule has 2 rings (SSSR count). The standard InChI is InChI=1S/C16H20BrNO/c1-3-18(4-2)9-10-19-16-8-6-13-11-15(17)7-5-14(13)12-16/h5-8,11-12H,3-4,9-10H2,1-2H3. The van der Waals surface area contributed by atoms with Gasteiger partial charge in [-0.3, -0.25) is 0 Å². The summed E-state index contributed by atoms with van der Waals surface area (Å²) in [4.78, 5) is 2.36. The number of benzene rings is 2. The van der Waals surface area contributed by atoms with Gasteiger partial charge in [0.2, 0.25) is 0 Å². The van der Waals surface area contributed by atoms with E-state index in [0.717, 1.165) is 36.5 Å². The van der Waals surface area contributed by atoms with Crippen LogP contribution in [-0.4, -0.2) is 31.1 Å². The van der Waals surface area contributed by atoms with E-state index in [1.807, 2.05) is 6.07 Å². The lowest BCUT2D eigenvalue weighted by molar-refractivity contribution is 0.223. The average molecular weight is 322 g/mol. The molecule has 0 heterocycles. The second-order valence-electron chi connectivity index (χ2n) is 4.53. The number of ether oxygens (including phenoxy) is 1. The Hall–Kier alpha value is -1.06. The predicted octanol–water partition coefficient (Wildman–Crippen LogP) is 4.32. The number of nitrogens with zero attached hydrogens (tertiary/aromatic N) is 1. The van der Waals surface area contributed by atoms with E-state index in [0.29, 0.717) is 0 Å². The lowest BCUT2D eigenvalue weighted by Gasteiger charge is -2.18. The Bertz CT molecular complexity index is 537. The van der Waals surface area contributed by atoms with Gasteiger partial charge in [-0.1, -0.05) is 41.9 Å². The van der Waals surface area contributed by atoms with Crippen molar-refractivity contribution in [1.82, 2.24) is 4.90 Å². The molecule has 0 radical (unpaired) electrons. The molecule has 0 atom stereocenters. The van der Waals surface area contributed by atoms with Crippen LogP contribution in [0.1, 0.15) is 13.8 Å². The molecule has 0 unspecified atom stereocenters. The molecule has 2 aromatic carbocycles. The zero-order valence-electron chi connectivity index (χ0n) is 11.5. The first-order chi connectivity index (χ1) is 9.22. The first-order valence-electron chi connectivity index (χ1n) is 6.77. The van der Waals surface area contributed by atoms with Gasteiger partial charge in [-0.05, 0) is 48.1 Å². The molecule has 0 aliphatic rings. The molecule has 2 aromatic rings. The fourth-order valence-corrected chi connectivity index (χ4v) is 2.50. The van der Waals surface area contributed by atoms with E-state index in [-0.39, 0.29) is 0 Å². The quantitative estimate of drug-likeness (QED) is 0.785. The minimum absolute atomic E-state index is 0.740. The topological polar surface area (TPSA) is 12.5 Å².